The summed E-state index contributed by atoms with van der Waals surface area (Å²) in [7, 11) is 1.63. The van der Waals surface area contributed by atoms with Crippen LogP contribution in [0, 0.1) is 0 Å². The van der Waals surface area contributed by atoms with Crippen LogP contribution in [0.4, 0.5) is 5.95 Å². The number of methoxy groups -OCH3 is 1. The second-order valence-electron chi connectivity index (χ2n) is 4.84. The largest absolute Gasteiger partial charge is 0.497 e. The van der Waals surface area contributed by atoms with Crippen molar-refractivity contribution in [3.05, 3.63) is 65.3 Å². The smallest absolute Gasteiger partial charge is 0.221 e. The molecule has 0 spiro atoms. The maximum absolute atomic E-state index is 5.92. The third-order valence-electron chi connectivity index (χ3n) is 3.34. The van der Waals surface area contributed by atoms with Gasteiger partial charge in [-0.3, -0.25) is 0 Å². The second-order valence-corrected chi connectivity index (χ2v) is 5.27. The zero-order valence-corrected chi connectivity index (χ0v) is 13.2. The number of nitrogens with two attached hydrogens (primary N) is 1. The molecule has 0 atom stereocenters. The Hall–Kier alpha value is -2.79. The van der Waals surface area contributed by atoms with E-state index in [0.29, 0.717) is 11.0 Å². The number of nitrogen functional groups attached to an aromatic ring is 1. The standard InChI is InChI=1S/C17H15ClN4O/c1-23-15-8-2-12(3-9-15)10-21-22-16(11-20-17(22)19)13-4-6-14(18)7-5-13/h2-11H,1H3,(H2,19,20). The van der Waals surface area contributed by atoms with Crippen molar-refractivity contribution in [3.8, 4) is 17.0 Å². The summed E-state index contributed by atoms with van der Waals surface area (Å²) >= 11 is 5.92. The normalized spacial score (nSPS) is 11.0. The molecule has 0 saturated carbocycles. The second kappa shape index (κ2) is 6.54. The van der Waals surface area contributed by atoms with E-state index in [0.717, 1.165) is 22.6 Å². The third-order valence-corrected chi connectivity index (χ3v) is 3.59. The predicted molar refractivity (Wildman–Crippen MR) is 93.1 cm³/mol. The number of imidazole rings is 1. The molecule has 0 saturated heterocycles. The SMILES string of the molecule is COc1ccc(C=Nn2c(-c3ccc(Cl)cc3)cnc2N)cc1. The summed E-state index contributed by atoms with van der Waals surface area (Å²) in [6.07, 6.45) is 3.40. The molecule has 0 aliphatic carbocycles. The molecule has 3 aromatic rings. The molecule has 2 N–H and O–H groups in total. The van der Waals surface area contributed by atoms with Crippen LogP contribution in [-0.2, 0) is 0 Å². The number of hydrogen-bond acceptors (Lipinski definition) is 4. The van der Waals surface area contributed by atoms with E-state index in [9.17, 15) is 0 Å². The topological polar surface area (TPSA) is 65.4 Å². The molecule has 1 heterocycles. The van der Waals surface area contributed by atoms with Crippen LogP contribution in [0.15, 0.2) is 59.8 Å². The van der Waals surface area contributed by atoms with Crippen molar-refractivity contribution in [2.24, 2.45) is 5.10 Å². The average molecular weight is 327 g/mol. The van der Waals surface area contributed by atoms with Gasteiger partial charge >= 0.3 is 0 Å². The lowest BCUT2D eigenvalue weighted by molar-refractivity contribution is 0.415. The zero-order chi connectivity index (χ0) is 16.2. The highest BCUT2D eigenvalue weighted by atomic mass is 35.5. The summed E-state index contributed by atoms with van der Waals surface area (Å²) < 4.78 is 6.73. The lowest BCUT2D eigenvalue weighted by Crippen LogP contribution is -2.00. The Morgan fingerprint density at radius 3 is 2.48 bits per heavy atom. The number of aromatic nitrogens is 2. The molecule has 6 heteroatoms. The van der Waals surface area contributed by atoms with Gasteiger partial charge in [-0.15, -0.1) is 0 Å². The number of nitrogens with zero attached hydrogens (tertiary/aromatic N) is 3. The van der Waals surface area contributed by atoms with Gasteiger partial charge in [0, 0.05) is 10.6 Å². The van der Waals surface area contributed by atoms with E-state index < -0.39 is 0 Å². The zero-order valence-electron chi connectivity index (χ0n) is 12.5. The van der Waals surface area contributed by atoms with Gasteiger partial charge in [-0.2, -0.15) is 9.78 Å². The van der Waals surface area contributed by atoms with Gasteiger partial charge in [0.25, 0.3) is 0 Å². The van der Waals surface area contributed by atoms with Crippen molar-refractivity contribution in [1.82, 2.24) is 9.66 Å². The van der Waals surface area contributed by atoms with Crippen LogP contribution >= 0.6 is 11.6 Å². The fourth-order valence-corrected chi connectivity index (χ4v) is 2.24. The monoisotopic (exact) mass is 326 g/mol. The third kappa shape index (κ3) is 3.35. The first-order chi connectivity index (χ1) is 11.2. The number of hydrogen-bond donors (Lipinski definition) is 1. The fourth-order valence-electron chi connectivity index (χ4n) is 2.11. The van der Waals surface area contributed by atoms with E-state index in [1.54, 1.807) is 24.2 Å². The van der Waals surface area contributed by atoms with E-state index in [2.05, 4.69) is 10.1 Å². The first kappa shape index (κ1) is 15.1. The number of halogens is 1. The summed E-state index contributed by atoms with van der Waals surface area (Å²) in [6.45, 7) is 0. The molecule has 0 amide bonds. The molecule has 0 aliphatic heterocycles. The van der Waals surface area contributed by atoms with Crippen LogP contribution in [0.3, 0.4) is 0 Å². The Bertz CT molecular complexity index is 823. The molecule has 3 rings (SSSR count). The van der Waals surface area contributed by atoms with Crippen molar-refractivity contribution < 1.29 is 4.74 Å². The summed E-state index contributed by atoms with van der Waals surface area (Å²) in [5, 5.41) is 5.10. The molecule has 1 aromatic heterocycles. The number of rotatable bonds is 4. The van der Waals surface area contributed by atoms with E-state index >= 15 is 0 Å². The Balaban J connectivity index is 1.91. The Labute approximate surface area is 139 Å². The van der Waals surface area contributed by atoms with E-state index in [4.69, 9.17) is 22.1 Å². The van der Waals surface area contributed by atoms with Crippen LogP contribution in [-0.4, -0.2) is 23.0 Å². The van der Waals surface area contributed by atoms with Crippen molar-refractivity contribution in [2.75, 3.05) is 12.8 Å². The number of benzene rings is 2. The van der Waals surface area contributed by atoms with Crippen LogP contribution in [0.1, 0.15) is 5.56 Å². The molecular formula is C17H15ClN4O. The molecule has 2 aromatic carbocycles. The summed E-state index contributed by atoms with van der Waals surface area (Å²) in [6, 6.07) is 15.0. The molecule has 0 fully saturated rings. The summed E-state index contributed by atoms with van der Waals surface area (Å²) in [5.41, 5.74) is 8.57. The van der Waals surface area contributed by atoms with Gasteiger partial charge in [-0.05, 0) is 42.0 Å². The number of ether oxygens (including phenoxy) is 1. The van der Waals surface area contributed by atoms with Crippen LogP contribution < -0.4 is 10.5 Å². The van der Waals surface area contributed by atoms with Crippen LogP contribution in [0.5, 0.6) is 5.75 Å². The Morgan fingerprint density at radius 1 is 1.13 bits per heavy atom. The Morgan fingerprint density at radius 2 is 1.83 bits per heavy atom. The van der Waals surface area contributed by atoms with E-state index in [1.807, 2.05) is 48.5 Å². The lowest BCUT2D eigenvalue weighted by atomic mass is 10.2. The first-order valence-electron chi connectivity index (χ1n) is 6.95. The van der Waals surface area contributed by atoms with E-state index in [1.165, 1.54) is 0 Å². The van der Waals surface area contributed by atoms with Gasteiger partial charge in [0.15, 0.2) is 0 Å². The average Bonchev–Trinajstić information content (AvgIpc) is 2.95. The van der Waals surface area contributed by atoms with Crippen molar-refractivity contribution in [3.63, 3.8) is 0 Å². The molecule has 0 aliphatic rings. The first-order valence-corrected chi connectivity index (χ1v) is 7.33. The highest BCUT2D eigenvalue weighted by Gasteiger charge is 2.08. The predicted octanol–water partition coefficient (Wildman–Crippen LogP) is 3.68. The molecule has 23 heavy (non-hydrogen) atoms. The molecule has 5 nitrogen and oxygen atoms in total. The maximum atomic E-state index is 5.92. The Kier molecular flexibility index (Phi) is 4.30. The quantitative estimate of drug-likeness (QED) is 0.744. The van der Waals surface area contributed by atoms with Gasteiger partial charge in [-0.25, -0.2) is 4.98 Å². The van der Waals surface area contributed by atoms with Crippen molar-refractivity contribution >= 4 is 23.8 Å². The lowest BCUT2D eigenvalue weighted by Gasteiger charge is -2.04. The minimum Gasteiger partial charge on any atom is -0.497 e. The highest BCUT2D eigenvalue weighted by Crippen LogP contribution is 2.23. The van der Waals surface area contributed by atoms with Gasteiger partial charge in [0.1, 0.15) is 5.75 Å². The highest BCUT2D eigenvalue weighted by molar-refractivity contribution is 6.30. The van der Waals surface area contributed by atoms with Crippen molar-refractivity contribution in [1.29, 1.82) is 0 Å². The molecule has 0 unspecified atom stereocenters. The summed E-state index contributed by atoms with van der Waals surface area (Å²) in [4.78, 5) is 4.13. The van der Waals surface area contributed by atoms with Gasteiger partial charge in [0.05, 0.1) is 25.2 Å². The minimum atomic E-state index is 0.319. The van der Waals surface area contributed by atoms with Gasteiger partial charge in [-0.1, -0.05) is 23.7 Å². The summed E-state index contributed by atoms with van der Waals surface area (Å²) in [5.74, 6) is 1.12. The van der Waals surface area contributed by atoms with Crippen LogP contribution in [0.2, 0.25) is 5.02 Å². The molecular weight excluding hydrogens is 312 g/mol. The van der Waals surface area contributed by atoms with Gasteiger partial charge in [0.2, 0.25) is 5.95 Å². The maximum Gasteiger partial charge on any atom is 0.221 e. The van der Waals surface area contributed by atoms with Gasteiger partial charge < -0.3 is 10.5 Å². The van der Waals surface area contributed by atoms with Crippen LogP contribution in [0.25, 0.3) is 11.3 Å². The fraction of sp³-hybridized carbons (Fsp3) is 0.0588. The molecule has 0 radical (unpaired) electrons. The number of anilines is 1. The molecule has 0 bridgehead atoms. The minimum absolute atomic E-state index is 0.319. The van der Waals surface area contributed by atoms with Crippen molar-refractivity contribution in [2.45, 2.75) is 0 Å². The molecule has 116 valence electrons. The van der Waals surface area contributed by atoms with E-state index in [-0.39, 0.29) is 0 Å².